The van der Waals surface area contributed by atoms with Gasteiger partial charge in [0.2, 0.25) is 21.8 Å². The number of sulfonamides is 1. The van der Waals surface area contributed by atoms with Crippen LogP contribution in [0.3, 0.4) is 0 Å². The van der Waals surface area contributed by atoms with E-state index in [-0.39, 0.29) is 29.8 Å². The molecule has 3 N–H and O–H groups in total. The van der Waals surface area contributed by atoms with Crippen molar-refractivity contribution in [1.82, 2.24) is 9.62 Å². The van der Waals surface area contributed by atoms with Crippen LogP contribution >= 0.6 is 0 Å². The first-order chi connectivity index (χ1) is 11.6. The third kappa shape index (κ3) is 5.84. The van der Waals surface area contributed by atoms with Gasteiger partial charge in [-0.05, 0) is 31.2 Å². The molecule has 1 aromatic rings. The summed E-state index contributed by atoms with van der Waals surface area (Å²) in [4.78, 5) is 33.1. The van der Waals surface area contributed by atoms with Crippen LogP contribution in [-0.2, 0) is 24.4 Å². The van der Waals surface area contributed by atoms with E-state index in [2.05, 4.69) is 10.6 Å². The van der Waals surface area contributed by atoms with Crippen molar-refractivity contribution in [1.29, 1.82) is 0 Å². The lowest BCUT2D eigenvalue weighted by atomic mass is 10.3. The number of hydrogen-bond acceptors (Lipinski definition) is 5. The van der Waals surface area contributed by atoms with Crippen LogP contribution in [0.15, 0.2) is 29.2 Å². The Morgan fingerprint density at radius 3 is 2.12 bits per heavy atom. The fourth-order valence-electron chi connectivity index (χ4n) is 2.04. The van der Waals surface area contributed by atoms with Gasteiger partial charge in [0, 0.05) is 32.6 Å². The molecular formula is C15H21N3O6S. The number of carboxylic acids is 1. The minimum absolute atomic E-state index is 0.0177. The van der Waals surface area contributed by atoms with Gasteiger partial charge in [-0.25, -0.2) is 8.42 Å². The van der Waals surface area contributed by atoms with E-state index in [0.717, 1.165) is 4.31 Å². The number of nitrogens with zero attached hydrogens (tertiary/aromatic N) is 1. The molecule has 0 spiro atoms. The van der Waals surface area contributed by atoms with Crippen LogP contribution in [0.4, 0.5) is 5.69 Å². The monoisotopic (exact) mass is 371 g/mol. The second-order valence-corrected chi connectivity index (χ2v) is 7.21. The van der Waals surface area contributed by atoms with Gasteiger partial charge in [0.1, 0.15) is 6.04 Å². The summed E-state index contributed by atoms with van der Waals surface area (Å²) in [6.45, 7) is 3.64. The van der Waals surface area contributed by atoms with E-state index in [1.807, 2.05) is 0 Å². The number of benzene rings is 1. The van der Waals surface area contributed by atoms with Crippen LogP contribution in [0.1, 0.15) is 20.8 Å². The summed E-state index contributed by atoms with van der Waals surface area (Å²) in [5, 5.41) is 14.1. The van der Waals surface area contributed by atoms with E-state index in [1.165, 1.54) is 45.0 Å². The lowest BCUT2D eigenvalue weighted by Gasteiger charge is -2.25. The van der Waals surface area contributed by atoms with Gasteiger partial charge >= 0.3 is 5.97 Å². The van der Waals surface area contributed by atoms with Crippen molar-refractivity contribution in [3.63, 3.8) is 0 Å². The molecule has 0 saturated heterocycles. The second kappa shape index (κ2) is 8.58. The van der Waals surface area contributed by atoms with Gasteiger partial charge < -0.3 is 15.7 Å². The highest BCUT2D eigenvalue weighted by molar-refractivity contribution is 7.89. The average Bonchev–Trinajstić information content (AvgIpc) is 2.50. The van der Waals surface area contributed by atoms with Gasteiger partial charge in [-0.15, -0.1) is 0 Å². The van der Waals surface area contributed by atoms with E-state index >= 15 is 0 Å². The number of amides is 2. The highest BCUT2D eigenvalue weighted by Crippen LogP contribution is 2.20. The van der Waals surface area contributed by atoms with Gasteiger partial charge in [-0.1, -0.05) is 0 Å². The quantitative estimate of drug-likeness (QED) is 0.600. The van der Waals surface area contributed by atoms with Crippen molar-refractivity contribution in [2.24, 2.45) is 0 Å². The summed E-state index contributed by atoms with van der Waals surface area (Å²) in [6.07, 6.45) is 0. The van der Waals surface area contributed by atoms with Crippen molar-refractivity contribution in [3.8, 4) is 0 Å². The summed E-state index contributed by atoms with van der Waals surface area (Å²) in [5.41, 5.74) is 0.419. The third-order valence-electron chi connectivity index (χ3n) is 3.28. The summed E-state index contributed by atoms with van der Waals surface area (Å²) in [7, 11) is -4.10. The van der Waals surface area contributed by atoms with Gasteiger partial charge in [0.25, 0.3) is 0 Å². The largest absolute Gasteiger partial charge is 0.480 e. The Hall–Kier alpha value is -2.46. The first-order valence-corrected chi connectivity index (χ1v) is 8.86. The van der Waals surface area contributed by atoms with Crippen LogP contribution in [-0.4, -0.2) is 54.7 Å². The SMILES string of the molecule is CC(=O)NCCN(C(C)C(=O)O)S(=O)(=O)c1ccc(NC(C)=O)cc1. The number of hydrogen-bond donors (Lipinski definition) is 3. The molecular weight excluding hydrogens is 350 g/mol. The highest BCUT2D eigenvalue weighted by Gasteiger charge is 2.32. The van der Waals surface area contributed by atoms with E-state index in [4.69, 9.17) is 0 Å². The maximum atomic E-state index is 12.8. The molecule has 1 unspecified atom stereocenters. The molecule has 10 heteroatoms. The smallest absolute Gasteiger partial charge is 0.321 e. The Kier molecular flexibility index (Phi) is 7.07. The molecule has 0 fully saturated rings. The second-order valence-electron chi connectivity index (χ2n) is 5.32. The normalized spacial score (nSPS) is 12.5. The summed E-state index contributed by atoms with van der Waals surface area (Å²) in [6, 6.07) is 4.06. The van der Waals surface area contributed by atoms with Crippen molar-refractivity contribution < 1.29 is 27.9 Å². The maximum absolute atomic E-state index is 12.8. The highest BCUT2D eigenvalue weighted by atomic mass is 32.2. The molecule has 0 aliphatic rings. The average molecular weight is 371 g/mol. The van der Waals surface area contributed by atoms with E-state index in [0.29, 0.717) is 5.69 Å². The zero-order valence-electron chi connectivity index (χ0n) is 14.1. The van der Waals surface area contributed by atoms with Crippen LogP contribution in [0, 0.1) is 0 Å². The zero-order chi connectivity index (χ0) is 19.2. The molecule has 0 aliphatic heterocycles. The molecule has 1 aromatic carbocycles. The topological polar surface area (TPSA) is 133 Å². The first-order valence-electron chi connectivity index (χ1n) is 7.42. The van der Waals surface area contributed by atoms with Gasteiger partial charge in [0.15, 0.2) is 0 Å². The van der Waals surface area contributed by atoms with Crippen LogP contribution < -0.4 is 10.6 Å². The minimum Gasteiger partial charge on any atom is -0.480 e. The van der Waals surface area contributed by atoms with Crippen molar-refractivity contribution in [3.05, 3.63) is 24.3 Å². The van der Waals surface area contributed by atoms with E-state index < -0.39 is 22.0 Å². The van der Waals surface area contributed by atoms with Crippen LogP contribution in [0.25, 0.3) is 0 Å². The standard InChI is InChI=1S/C15H21N3O6S/c1-10(15(21)22)18(9-8-16-11(2)19)25(23,24)14-6-4-13(5-7-14)17-12(3)20/h4-7,10H,8-9H2,1-3H3,(H,16,19)(H,17,20)(H,21,22). The van der Waals surface area contributed by atoms with Crippen molar-refractivity contribution in [2.45, 2.75) is 31.7 Å². The molecule has 0 aromatic heterocycles. The van der Waals surface area contributed by atoms with Gasteiger partial charge in [-0.2, -0.15) is 4.31 Å². The molecule has 1 rings (SSSR count). The van der Waals surface area contributed by atoms with Crippen molar-refractivity contribution >= 4 is 33.5 Å². The zero-order valence-corrected chi connectivity index (χ0v) is 15.0. The Morgan fingerprint density at radius 2 is 1.68 bits per heavy atom. The maximum Gasteiger partial charge on any atom is 0.321 e. The Balaban J connectivity index is 3.10. The Bertz CT molecular complexity index is 745. The Morgan fingerprint density at radius 1 is 1.12 bits per heavy atom. The molecule has 25 heavy (non-hydrogen) atoms. The molecule has 9 nitrogen and oxygen atoms in total. The summed E-state index contributed by atoms with van der Waals surface area (Å²) in [5.74, 6) is -1.95. The molecule has 0 radical (unpaired) electrons. The predicted octanol–water partition coefficient (Wildman–Crippen LogP) is 0.245. The molecule has 0 aliphatic carbocycles. The Labute approximate surface area is 146 Å². The number of nitrogens with one attached hydrogen (secondary N) is 2. The molecule has 0 heterocycles. The number of carbonyl (C=O) groups is 3. The summed E-state index contributed by atoms with van der Waals surface area (Å²) < 4.78 is 26.3. The number of carboxylic acid groups (broad SMARTS) is 1. The molecule has 138 valence electrons. The molecule has 1 atom stereocenters. The van der Waals surface area contributed by atoms with Gasteiger partial charge in [0.05, 0.1) is 4.90 Å². The number of carbonyl (C=O) groups excluding carboxylic acids is 2. The number of rotatable bonds is 8. The fourth-order valence-corrected chi connectivity index (χ4v) is 3.63. The summed E-state index contributed by atoms with van der Waals surface area (Å²) >= 11 is 0. The number of anilines is 1. The van der Waals surface area contributed by atoms with Crippen molar-refractivity contribution in [2.75, 3.05) is 18.4 Å². The minimum atomic E-state index is -4.10. The fraction of sp³-hybridized carbons (Fsp3) is 0.400. The van der Waals surface area contributed by atoms with Crippen LogP contribution in [0.2, 0.25) is 0 Å². The van der Waals surface area contributed by atoms with Gasteiger partial charge in [-0.3, -0.25) is 14.4 Å². The van der Waals surface area contributed by atoms with E-state index in [9.17, 15) is 27.9 Å². The number of aliphatic carboxylic acids is 1. The predicted molar refractivity (Wildman–Crippen MR) is 90.4 cm³/mol. The lowest BCUT2D eigenvalue weighted by molar-refractivity contribution is -0.140. The van der Waals surface area contributed by atoms with Crippen LogP contribution in [0.5, 0.6) is 0 Å². The lowest BCUT2D eigenvalue weighted by Crippen LogP contribution is -2.46. The molecule has 0 bridgehead atoms. The molecule has 0 saturated carbocycles. The third-order valence-corrected chi connectivity index (χ3v) is 5.26. The first kappa shape index (κ1) is 20.6. The molecule has 2 amide bonds. The van der Waals surface area contributed by atoms with E-state index in [1.54, 1.807) is 0 Å².